The van der Waals surface area contributed by atoms with Gasteiger partial charge >= 0.3 is 0 Å². The van der Waals surface area contributed by atoms with E-state index in [0.717, 1.165) is 16.7 Å². The molecule has 3 aromatic rings. The number of hydrogen-bond donors (Lipinski definition) is 1. The highest BCUT2D eigenvalue weighted by Crippen LogP contribution is 2.19. The molecule has 3 heteroatoms. The Hall–Kier alpha value is -2.39. The molecule has 1 heterocycles. The third-order valence-electron chi connectivity index (χ3n) is 3.29. The van der Waals surface area contributed by atoms with E-state index in [1.807, 2.05) is 59.3 Å². The van der Waals surface area contributed by atoms with E-state index in [1.54, 1.807) is 11.3 Å². The van der Waals surface area contributed by atoms with Gasteiger partial charge in [0.15, 0.2) is 0 Å². The monoisotopic (exact) mass is 293 g/mol. The van der Waals surface area contributed by atoms with Gasteiger partial charge in [0.25, 0.3) is 5.91 Å². The molecule has 0 radical (unpaired) electrons. The Labute approximate surface area is 128 Å². The zero-order valence-corrected chi connectivity index (χ0v) is 12.3. The van der Waals surface area contributed by atoms with Gasteiger partial charge in [0, 0.05) is 12.1 Å². The summed E-state index contributed by atoms with van der Waals surface area (Å²) in [6.45, 7) is 0.572. The number of amides is 1. The lowest BCUT2D eigenvalue weighted by Gasteiger charge is -2.06. The summed E-state index contributed by atoms with van der Waals surface area (Å²) in [7, 11) is 0. The molecule has 0 fully saturated rings. The van der Waals surface area contributed by atoms with Crippen LogP contribution in [0.5, 0.6) is 0 Å². The average molecular weight is 293 g/mol. The van der Waals surface area contributed by atoms with Crippen molar-refractivity contribution in [3.05, 3.63) is 82.6 Å². The molecule has 1 N–H and O–H groups in total. The Morgan fingerprint density at radius 3 is 2.29 bits per heavy atom. The predicted octanol–water partition coefficient (Wildman–Crippen LogP) is 4.35. The van der Waals surface area contributed by atoms with Crippen LogP contribution in [-0.4, -0.2) is 5.91 Å². The SMILES string of the molecule is O=C(NCc1ccsc1)c1ccc(-c2ccccc2)cc1. The van der Waals surface area contributed by atoms with Gasteiger partial charge in [0.2, 0.25) is 0 Å². The molecule has 0 saturated carbocycles. The smallest absolute Gasteiger partial charge is 0.251 e. The van der Waals surface area contributed by atoms with Gasteiger partial charge in [-0.25, -0.2) is 0 Å². The maximum absolute atomic E-state index is 12.1. The number of rotatable bonds is 4. The molecule has 0 aliphatic carbocycles. The molecule has 1 amide bonds. The van der Waals surface area contributed by atoms with E-state index >= 15 is 0 Å². The Morgan fingerprint density at radius 1 is 0.905 bits per heavy atom. The van der Waals surface area contributed by atoms with Crippen LogP contribution in [0.2, 0.25) is 0 Å². The first-order chi connectivity index (χ1) is 10.3. The van der Waals surface area contributed by atoms with E-state index in [4.69, 9.17) is 0 Å². The second-order valence-electron chi connectivity index (χ2n) is 4.76. The van der Waals surface area contributed by atoms with E-state index < -0.39 is 0 Å². The van der Waals surface area contributed by atoms with Gasteiger partial charge < -0.3 is 5.32 Å². The molecule has 21 heavy (non-hydrogen) atoms. The van der Waals surface area contributed by atoms with E-state index in [2.05, 4.69) is 17.4 Å². The summed E-state index contributed by atoms with van der Waals surface area (Å²) in [6, 6.07) is 19.9. The van der Waals surface area contributed by atoms with Crippen LogP contribution >= 0.6 is 11.3 Å². The molecule has 0 bridgehead atoms. The second kappa shape index (κ2) is 6.37. The number of hydrogen-bond acceptors (Lipinski definition) is 2. The summed E-state index contributed by atoms with van der Waals surface area (Å²) < 4.78 is 0. The lowest BCUT2D eigenvalue weighted by Crippen LogP contribution is -2.22. The van der Waals surface area contributed by atoms with Crippen molar-refractivity contribution < 1.29 is 4.79 Å². The van der Waals surface area contributed by atoms with Gasteiger partial charge in [-0.3, -0.25) is 4.79 Å². The maximum Gasteiger partial charge on any atom is 0.251 e. The molecule has 0 atom stereocenters. The minimum Gasteiger partial charge on any atom is -0.348 e. The first-order valence-electron chi connectivity index (χ1n) is 6.78. The summed E-state index contributed by atoms with van der Waals surface area (Å²) in [4.78, 5) is 12.1. The lowest BCUT2D eigenvalue weighted by atomic mass is 10.0. The highest BCUT2D eigenvalue weighted by Gasteiger charge is 2.05. The zero-order valence-electron chi connectivity index (χ0n) is 11.5. The molecular weight excluding hydrogens is 278 g/mol. The van der Waals surface area contributed by atoms with Crippen LogP contribution in [0.1, 0.15) is 15.9 Å². The largest absolute Gasteiger partial charge is 0.348 e. The molecular formula is C18H15NOS. The molecule has 0 unspecified atom stereocenters. The fourth-order valence-corrected chi connectivity index (χ4v) is 2.79. The van der Waals surface area contributed by atoms with Crippen molar-refractivity contribution in [1.29, 1.82) is 0 Å². The highest BCUT2D eigenvalue weighted by molar-refractivity contribution is 7.07. The highest BCUT2D eigenvalue weighted by atomic mass is 32.1. The van der Waals surface area contributed by atoms with Gasteiger partial charge in [0.05, 0.1) is 0 Å². The van der Waals surface area contributed by atoms with Gasteiger partial charge in [0.1, 0.15) is 0 Å². The van der Waals surface area contributed by atoms with Crippen LogP contribution in [0, 0.1) is 0 Å². The maximum atomic E-state index is 12.1. The first kappa shape index (κ1) is 13.6. The zero-order chi connectivity index (χ0) is 14.5. The van der Waals surface area contributed by atoms with E-state index in [1.165, 1.54) is 0 Å². The van der Waals surface area contributed by atoms with Crippen molar-refractivity contribution in [1.82, 2.24) is 5.32 Å². The van der Waals surface area contributed by atoms with Crippen LogP contribution in [0.15, 0.2) is 71.4 Å². The summed E-state index contributed by atoms with van der Waals surface area (Å²) >= 11 is 1.64. The van der Waals surface area contributed by atoms with Crippen molar-refractivity contribution in [3.8, 4) is 11.1 Å². The fourth-order valence-electron chi connectivity index (χ4n) is 2.12. The van der Waals surface area contributed by atoms with Gasteiger partial charge in [-0.1, -0.05) is 42.5 Å². The van der Waals surface area contributed by atoms with Gasteiger partial charge in [-0.2, -0.15) is 11.3 Å². The number of benzene rings is 2. The Morgan fingerprint density at radius 2 is 1.62 bits per heavy atom. The van der Waals surface area contributed by atoms with E-state index in [-0.39, 0.29) is 5.91 Å². The molecule has 0 spiro atoms. The molecule has 0 aliphatic rings. The van der Waals surface area contributed by atoms with Crippen molar-refractivity contribution in [3.63, 3.8) is 0 Å². The molecule has 0 saturated heterocycles. The fraction of sp³-hybridized carbons (Fsp3) is 0.0556. The third kappa shape index (κ3) is 3.38. The number of carbonyl (C=O) groups is 1. The van der Waals surface area contributed by atoms with Crippen LogP contribution in [-0.2, 0) is 6.54 Å². The standard InChI is InChI=1S/C18H15NOS/c20-18(19-12-14-10-11-21-13-14)17-8-6-16(7-9-17)15-4-2-1-3-5-15/h1-11,13H,12H2,(H,19,20). The van der Waals surface area contributed by atoms with Crippen molar-refractivity contribution in [2.45, 2.75) is 6.54 Å². The number of thiophene rings is 1. The Balaban J connectivity index is 1.67. The van der Waals surface area contributed by atoms with Crippen molar-refractivity contribution in [2.24, 2.45) is 0 Å². The Kier molecular flexibility index (Phi) is 4.12. The van der Waals surface area contributed by atoms with Crippen molar-refractivity contribution in [2.75, 3.05) is 0 Å². The summed E-state index contributed by atoms with van der Waals surface area (Å²) in [5, 5.41) is 6.98. The Bertz CT molecular complexity index is 703. The summed E-state index contributed by atoms with van der Waals surface area (Å²) in [6.07, 6.45) is 0. The van der Waals surface area contributed by atoms with E-state index in [0.29, 0.717) is 12.1 Å². The average Bonchev–Trinajstić information content (AvgIpc) is 3.07. The molecule has 0 aliphatic heterocycles. The van der Waals surface area contributed by atoms with Crippen LogP contribution in [0.3, 0.4) is 0 Å². The van der Waals surface area contributed by atoms with Crippen LogP contribution < -0.4 is 5.32 Å². The minimum absolute atomic E-state index is 0.0409. The van der Waals surface area contributed by atoms with Crippen molar-refractivity contribution >= 4 is 17.2 Å². The quantitative estimate of drug-likeness (QED) is 0.761. The number of carbonyl (C=O) groups excluding carboxylic acids is 1. The summed E-state index contributed by atoms with van der Waals surface area (Å²) in [5.74, 6) is -0.0409. The molecule has 104 valence electrons. The number of nitrogens with one attached hydrogen (secondary N) is 1. The minimum atomic E-state index is -0.0409. The third-order valence-corrected chi connectivity index (χ3v) is 4.02. The summed E-state index contributed by atoms with van der Waals surface area (Å²) in [5.41, 5.74) is 4.09. The molecule has 3 rings (SSSR count). The van der Waals surface area contributed by atoms with Crippen LogP contribution in [0.25, 0.3) is 11.1 Å². The molecule has 2 nitrogen and oxygen atoms in total. The lowest BCUT2D eigenvalue weighted by molar-refractivity contribution is 0.0951. The second-order valence-corrected chi connectivity index (χ2v) is 5.54. The van der Waals surface area contributed by atoms with Gasteiger partial charge in [-0.05, 0) is 45.6 Å². The normalized spacial score (nSPS) is 10.3. The molecule has 1 aromatic heterocycles. The first-order valence-corrected chi connectivity index (χ1v) is 7.72. The van der Waals surface area contributed by atoms with Gasteiger partial charge in [-0.15, -0.1) is 0 Å². The van der Waals surface area contributed by atoms with E-state index in [9.17, 15) is 4.79 Å². The predicted molar refractivity (Wildman–Crippen MR) is 87.4 cm³/mol. The van der Waals surface area contributed by atoms with Crippen LogP contribution in [0.4, 0.5) is 0 Å². The topological polar surface area (TPSA) is 29.1 Å². The molecule has 2 aromatic carbocycles.